The first kappa shape index (κ1) is 14.6. The molecule has 0 radical (unpaired) electrons. The summed E-state index contributed by atoms with van der Waals surface area (Å²) >= 11 is 0. The van der Waals surface area contributed by atoms with Gasteiger partial charge in [-0.05, 0) is 32.0 Å². The molecular weight excluding hydrogens is 274 g/mol. The van der Waals surface area contributed by atoms with Gasteiger partial charge in [0.05, 0.1) is 16.9 Å². The molecule has 2 rings (SSSR count). The van der Waals surface area contributed by atoms with Crippen LogP contribution in [0.3, 0.4) is 0 Å². The van der Waals surface area contributed by atoms with Crippen LogP contribution in [-0.4, -0.2) is 16.5 Å². The number of carbonyl (C=O) groups excluding carboxylic acids is 2. The van der Waals surface area contributed by atoms with Gasteiger partial charge in [0, 0.05) is 17.7 Å². The van der Waals surface area contributed by atoms with E-state index in [0.717, 1.165) is 0 Å². The number of carbonyl (C=O) groups is 2. The Bertz CT molecular complexity index is 712. The molecule has 0 N–H and O–H groups in total. The van der Waals surface area contributed by atoms with Gasteiger partial charge in [0.2, 0.25) is 0 Å². The van der Waals surface area contributed by atoms with Gasteiger partial charge in [-0.25, -0.2) is 0 Å². The van der Waals surface area contributed by atoms with E-state index in [0.29, 0.717) is 17.1 Å². The molecule has 0 saturated heterocycles. The highest BCUT2D eigenvalue weighted by Gasteiger charge is 2.18. The predicted octanol–water partition coefficient (Wildman–Crippen LogP) is 3.26. The second-order valence-electron chi connectivity index (χ2n) is 4.65. The molecule has 0 amide bonds. The van der Waals surface area contributed by atoms with Crippen molar-refractivity contribution < 1.29 is 18.9 Å². The van der Waals surface area contributed by atoms with E-state index in [2.05, 4.69) is 0 Å². The number of nitrogens with zero attached hydrogens (tertiary/aromatic N) is 1. The van der Waals surface area contributed by atoms with Crippen LogP contribution in [0.15, 0.2) is 34.7 Å². The van der Waals surface area contributed by atoms with Gasteiger partial charge >= 0.3 is 0 Å². The summed E-state index contributed by atoms with van der Waals surface area (Å²) in [6, 6.07) is 6.78. The molecule has 0 bridgehead atoms. The molecule has 0 unspecified atom stereocenters. The van der Waals surface area contributed by atoms with Crippen LogP contribution in [-0.2, 0) is 0 Å². The summed E-state index contributed by atoms with van der Waals surface area (Å²) in [4.78, 5) is 34.1. The third-order valence-electron chi connectivity index (χ3n) is 3.06. The van der Waals surface area contributed by atoms with E-state index in [1.165, 1.54) is 24.3 Å². The largest absolute Gasteiger partial charge is 0.466 e. The van der Waals surface area contributed by atoms with Crippen molar-refractivity contribution in [1.82, 2.24) is 0 Å². The van der Waals surface area contributed by atoms with Crippen molar-refractivity contribution >= 4 is 17.3 Å². The Labute approximate surface area is 120 Å². The summed E-state index contributed by atoms with van der Waals surface area (Å²) in [6.45, 7) is 3.39. The van der Waals surface area contributed by atoms with Crippen LogP contribution in [0.1, 0.15) is 38.7 Å². The van der Waals surface area contributed by atoms with E-state index >= 15 is 0 Å². The molecule has 0 aliphatic rings. The average Bonchev–Trinajstić information content (AvgIpc) is 2.77. The molecule has 1 aromatic heterocycles. The van der Waals surface area contributed by atoms with Crippen LogP contribution in [0.25, 0.3) is 0 Å². The number of aryl methyl sites for hydroxylation is 2. The van der Waals surface area contributed by atoms with Crippen LogP contribution in [0.5, 0.6) is 0 Å². The Morgan fingerprint density at radius 3 is 2.24 bits per heavy atom. The van der Waals surface area contributed by atoms with Gasteiger partial charge in [-0.3, -0.25) is 19.7 Å². The van der Waals surface area contributed by atoms with Crippen molar-refractivity contribution in [3.8, 4) is 0 Å². The van der Waals surface area contributed by atoms with Gasteiger partial charge in [0.25, 0.3) is 5.69 Å². The minimum absolute atomic E-state index is 0.0980. The number of ketones is 2. The van der Waals surface area contributed by atoms with Crippen molar-refractivity contribution in [2.45, 2.75) is 20.3 Å². The van der Waals surface area contributed by atoms with Crippen molar-refractivity contribution in [3.05, 3.63) is 63.1 Å². The number of non-ortho nitro benzene ring substituents is 1. The number of hydrogen-bond donors (Lipinski definition) is 0. The van der Waals surface area contributed by atoms with Gasteiger partial charge in [0.1, 0.15) is 11.5 Å². The summed E-state index contributed by atoms with van der Waals surface area (Å²) in [5.74, 6) is 0.383. The molecule has 1 aromatic carbocycles. The minimum atomic E-state index is -0.545. The number of Topliss-reactive ketones (excluding diaryl/α,β-unsaturated/α-hetero) is 2. The molecule has 0 spiro atoms. The van der Waals surface area contributed by atoms with Crippen molar-refractivity contribution in [2.75, 3.05) is 0 Å². The number of hydrogen-bond acceptors (Lipinski definition) is 5. The minimum Gasteiger partial charge on any atom is -0.466 e. The zero-order chi connectivity index (χ0) is 15.6. The fourth-order valence-corrected chi connectivity index (χ4v) is 2.02. The summed E-state index contributed by atoms with van der Waals surface area (Å²) in [6.07, 6.45) is -0.294. The summed E-state index contributed by atoms with van der Waals surface area (Å²) in [5, 5.41) is 10.5. The summed E-state index contributed by atoms with van der Waals surface area (Å²) in [5.41, 5.74) is 0.564. The topological polar surface area (TPSA) is 90.4 Å². The van der Waals surface area contributed by atoms with Gasteiger partial charge in [-0.1, -0.05) is 0 Å². The van der Waals surface area contributed by atoms with E-state index in [1.54, 1.807) is 19.9 Å². The first-order valence-electron chi connectivity index (χ1n) is 6.26. The molecule has 0 aliphatic heterocycles. The molecule has 2 aromatic rings. The van der Waals surface area contributed by atoms with Crippen LogP contribution >= 0.6 is 0 Å². The smallest absolute Gasteiger partial charge is 0.269 e. The second kappa shape index (κ2) is 5.70. The SMILES string of the molecule is Cc1cc(C(=O)CC(=O)c2ccc([N+](=O)[O-])cc2)c(C)o1. The molecule has 0 atom stereocenters. The van der Waals surface area contributed by atoms with Crippen molar-refractivity contribution in [3.63, 3.8) is 0 Å². The monoisotopic (exact) mass is 287 g/mol. The highest BCUT2D eigenvalue weighted by molar-refractivity contribution is 6.13. The van der Waals surface area contributed by atoms with E-state index in [9.17, 15) is 19.7 Å². The molecule has 108 valence electrons. The van der Waals surface area contributed by atoms with E-state index in [-0.39, 0.29) is 29.2 Å². The molecule has 6 heteroatoms. The number of benzene rings is 1. The quantitative estimate of drug-likeness (QED) is 0.364. The normalized spacial score (nSPS) is 10.4. The lowest BCUT2D eigenvalue weighted by Gasteiger charge is -2.00. The molecule has 0 aliphatic carbocycles. The van der Waals surface area contributed by atoms with Gasteiger partial charge < -0.3 is 4.42 Å². The molecular formula is C15H13NO5. The van der Waals surface area contributed by atoms with Crippen LogP contribution in [0.2, 0.25) is 0 Å². The molecule has 0 saturated carbocycles. The van der Waals surface area contributed by atoms with E-state index < -0.39 is 4.92 Å². The number of nitro benzene ring substituents is 1. The standard InChI is InChI=1S/C15H13NO5/c1-9-7-13(10(2)21-9)15(18)8-14(17)11-3-5-12(6-4-11)16(19)20/h3-7H,8H2,1-2H3. The lowest BCUT2D eigenvalue weighted by Crippen LogP contribution is -2.09. The lowest BCUT2D eigenvalue weighted by atomic mass is 10.0. The highest BCUT2D eigenvalue weighted by atomic mass is 16.6. The van der Waals surface area contributed by atoms with Crippen LogP contribution < -0.4 is 0 Å². The summed E-state index contributed by atoms with van der Waals surface area (Å²) in [7, 11) is 0. The zero-order valence-electron chi connectivity index (χ0n) is 11.6. The highest BCUT2D eigenvalue weighted by Crippen LogP contribution is 2.18. The first-order valence-corrected chi connectivity index (χ1v) is 6.26. The third kappa shape index (κ3) is 3.22. The number of furan rings is 1. The maximum Gasteiger partial charge on any atom is 0.269 e. The average molecular weight is 287 g/mol. The zero-order valence-corrected chi connectivity index (χ0v) is 11.6. The number of nitro groups is 1. The fraction of sp³-hybridized carbons (Fsp3) is 0.200. The van der Waals surface area contributed by atoms with Crippen LogP contribution in [0.4, 0.5) is 5.69 Å². The predicted molar refractivity (Wildman–Crippen MR) is 74.6 cm³/mol. The van der Waals surface area contributed by atoms with Gasteiger partial charge in [-0.2, -0.15) is 0 Å². The van der Waals surface area contributed by atoms with E-state index in [1.807, 2.05) is 0 Å². The second-order valence-corrected chi connectivity index (χ2v) is 4.65. The molecule has 6 nitrogen and oxygen atoms in total. The Hall–Kier alpha value is -2.76. The Kier molecular flexibility index (Phi) is 3.98. The lowest BCUT2D eigenvalue weighted by molar-refractivity contribution is -0.384. The molecule has 0 fully saturated rings. The Balaban J connectivity index is 2.12. The Morgan fingerprint density at radius 2 is 1.76 bits per heavy atom. The van der Waals surface area contributed by atoms with Crippen molar-refractivity contribution in [1.29, 1.82) is 0 Å². The maximum absolute atomic E-state index is 12.0. The third-order valence-corrected chi connectivity index (χ3v) is 3.06. The fourth-order valence-electron chi connectivity index (χ4n) is 2.02. The van der Waals surface area contributed by atoms with Gasteiger partial charge in [-0.15, -0.1) is 0 Å². The first-order chi connectivity index (χ1) is 9.88. The van der Waals surface area contributed by atoms with Gasteiger partial charge in [0.15, 0.2) is 11.6 Å². The van der Waals surface area contributed by atoms with Crippen molar-refractivity contribution in [2.24, 2.45) is 0 Å². The Morgan fingerprint density at radius 1 is 1.14 bits per heavy atom. The summed E-state index contributed by atoms with van der Waals surface area (Å²) < 4.78 is 5.26. The maximum atomic E-state index is 12.0. The number of rotatable bonds is 5. The van der Waals surface area contributed by atoms with E-state index in [4.69, 9.17) is 4.42 Å². The molecule has 21 heavy (non-hydrogen) atoms. The molecule has 1 heterocycles. The van der Waals surface area contributed by atoms with Crippen LogP contribution in [0, 0.1) is 24.0 Å².